The molecule has 1 aromatic heterocycles. The van der Waals surface area contributed by atoms with Gasteiger partial charge in [0.2, 0.25) is 0 Å². The first-order chi connectivity index (χ1) is 9.10. The summed E-state index contributed by atoms with van der Waals surface area (Å²) in [6.07, 6.45) is 1.06. The summed E-state index contributed by atoms with van der Waals surface area (Å²) in [7, 11) is 0. The fraction of sp³-hybridized carbons (Fsp3) is 0.333. The number of hydrogen-bond donors (Lipinski definition) is 2. The molecule has 3 N–H and O–H groups in total. The fourth-order valence-corrected chi connectivity index (χ4v) is 2.12. The highest BCUT2D eigenvalue weighted by molar-refractivity contribution is 5.62. The van der Waals surface area contributed by atoms with Crippen LogP contribution in [0.5, 0.6) is 0 Å². The van der Waals surface area contributed by atoms with Gasteiger partial charge in [0.15, 0.2) is 0 Å². The molecule has 0 radical (unpaired) electrons. The first kappa shape index (κ1) is 13.5. The van der Waals surface area contributed by atoms with E-state index < -0.39 is 0 Å². The number of aromatic amines is 1. The Labute approximate surface area is 112 Å². The van der Waals surface area contributed by atoms with Crippen molar-refractivity contribution in [1.82, 2.24) is 10.2 Å². The van der Waals surface area contributed by atoms with E-state index in [9.17, 15) is 4.79 Å². The minimum atomic E-state index is -0.222. The van der Waals surface area contributed by atoms with Gasteiger partial charge >= 0.3 is 0 Å². The van der Waals surface area contributed by atoms with Gasteiger partial charge in [0.05, 0.1) is 5.69 Å². The predicted molar refractivity (Wildman–Crippen MR) is 76.7 cm³/mol. The van der Waals surface area contributed by atoms with Crippen molar-refractivity contribution in [3.8, 4) is 11.3 Å². The van der Waals surface area contributed by atoms with Gasteiger partial charge < -0.3 is 5.73 Å². The average Bonchev–Trinajstić information content (AvgIpc) is 2.39. The molecule has 0 aliphatic heterocycles. The monoisotopic (exact) mass is 257 g/mol. The van der Waals surface area contributed by atoms with E-state index in [1.807, 2.05) is 12.1 Å². The summed E-state index contributed by atoms with van der Waals surface area (Å²) < 4.78 is 0. The van der Waals surface area contributed by atoms with Crippen LogP contribution in [-0.4, -0.2) is 10.2 Å². The topological polar surface area (TPSA) is 71.8 Å². The zero-order valence-corrected chi connectivity index (χ0v) is 11.3. The first-order valence-corrected chi connectivity index (χ1v) is 6.48. The molecule has 0 saturated heterocycles. The van der Waals surface area contributed by atoms with Crippen LogP contribution in [0.15, 0.2) is 35.1 Å². The summed E-state index contributed by atoms with van der Waals surface area (Å²) in [4.78, 5) is 11.2. The van der Waals surface area contributed by atoms with Crippen molar-refractivity contribution in [3.63, 3.8) is 0 Å². The Morgan fingerprint density at radius 2 is 1.95 bits per heavy atom. The molecule has 1 aromatic carbocycles. The zero-order valence-electron chi connectivity index (χ0n) is 11.3. The number of rotatable bonds is 4. The number of nitrogens with one attached hydrogen (secondary N) is 1. The molecule has 2 aromatic rings. The Morgan fingerprint density at radius 3 is 2.53 bits per heavy atom. The molecule has 0 spiro atoms. The predicted octanol–water partition coefficient (Wildman–Crippen LogP) is 2.09. The summed E-state index contributed by atoms with van der Waals surface area (Å²) in [5.41, 5.74) is 9.23. The molecule has 0 aliphatic carbocycles. The van der Waals surface area contributed by atoms with Crippen molar-refractivity contribution in [2.75, 3.05) is 0 Å². The molecule has 0 bridgehead atoms. The lowest BCUT2D eigenvalue weighted by molar-refractivity contribution is 0.647. The van der Waals surface area contributed by atoms with E-state index in [0.29, 0.717) is 12.5 Å². The molecule has 0 amide bonds. The molecule has 0 aliphatic rings. The van der Waals surface area contributed by atoms with E-state index in [1.54, 1.807) is 0 Å². The second-order valence-electron chi connectivity index (χ2n) is 5.11. The summed E-state index contributed by atoms with van der Waals surface area (Å²) in [6.45, 7) is 4.70. The molecule has 0 unspecified atom stereocenters. The van der Waals surface area contributed by atoms with Gasteiger partial charge in [-0.15, -0.1) is 0 Å². The number of H-pyrrole nitrogens is 1. The molecule has 0 atom stereocenters. The molecule has 4 heteroatoms. The van der Waals surface area contributed by atoms with Gasteiger partial charge in [0.25, 0.3) is 5.56 Å². The maximum Gasteiger partial charge on any atom is 0.264 e. The fourth-order valence-electron chi connectivity index (χ4n) is 2.12. The van der Waals surface area contributed by atoms with E-state index in [1.165, 1.54) is 11.6 Å². The quantitative estimate of drug-likeness (QED) is 0.881. The molecule has 2 rings (SSSR count). The summed E-state index contributed by atoms with van der Waals surface area (Å²) in [6, 6.07) is 9.75. The Hall–Kier alpha value is -1.94. The molecular formula is C15H19N3O. The van der Waals surface area contributed by atoms with E-state index >= 15 is 0 Å². The lowest BCUT2D eigenvalue weighted by Gasteiger charge is -2.08. The van der Waals surface area contributed by atoms with Crippen LogP contribution in [0.4, 0.5) is 0 Å². The van der Waals surface area contributed by atoms with Crippen LogP contribution in [-0.2, 0) is 13.0 Å². The van der Waals surface area contributed by atoms with E-state index in [0.717, 1.165) is 23.2 Å². The minimum Gasteiger partial charge on any atom is -0.326 e. The second kappa shape index (κ2) is 5.80. The summed E-state index contributed by atoms with van der Waals surface area (Å²) in [5, 5.41) is 6.55. The molecule has 4 nitrogen and oxygen atoms in total. The van der Waals surface area contributed by atoms with Gasteiger partial charge in [-0.1, -0.05) is 38.1 Å². The smallest absolute Gasteiger partial charge is 0.264 e. The maximum atomic E-state index is 11.2. The van der Waals surface area contributed by atoms with Crippen LogP contribution < -0.4 is 11.3 Å². The number of aromatic nitrogens is 2. The van der Waals surface area contributed by atoms with E-state index in [2.05, 4.69) is 36.2 Å². The Bertz CT molecular complexity index is 600. The van der Waals surface area contributed by atoms with Crippen LogP contribution in [0.3, 0.4) is 0 Å². The van der Waals surface area contributed by atoms with Crippen molar-refractivity contribution < 1.29 is 0 Å². The highest BCUT2D eigenvalue weighted by Gasteiger charge is 2.07. The standard InChI is InChI=1S/C15H19N3O/c1-10(2)7-11-3-5-12(6-4-11)15-13(9-16)8-14(19)17-18-15/h3-6,8,10H,7,9,16H2,1-2H3,(H,17,19). The van der Waals surface area contributed by atoms with Crippen molar-refractivity contribution in [1.29, 1.82) is 0 Å². The molecular weight excluding hydrogens is 238 g/mol. The summed E-state index contributed by atoms with van der Waals surface area (Å²) >= 11 is 0. The highest BCUT2D eigenvalue weighted by atomic mass is 16.1. The summed E-state index contributed by atoms with van der Waals surface area (Å²) in [5.74, 6) is 0.636. The maximum absolute atomic E-state index is 11.2. The largest absolute Gasteiger partial charge is 0.326 e. The molecule has 0 fully saturated rings. The van der Waals surface area contributed by atoms with Crippen LogP contribution >= 0.6 is 0 Å². The molecule has 0 saturated carbocycles. The third kappa shape index (κ3) is 3.29. The van der Waals surface area contributed by atoms with Crippen molar-refractivity contribution in [3.05, 3.63) is 51.8 Å². The van der Waals surface area contributed by atoms with Crippen molar-refractivity contribution in [2.45, 2.75) is 26.8 Å². The first-order valence-electron chi connectivity index (χ1n) is 6.48. The molecule has 100 valence electrons. The van der Waals surface area contributed by atoms with Crippen LogP contribution in [0.2, 0.25) is 0 Å². The van der Waals surface area contributed by atoms with Gasteiger partial charge in [0.1, 0.15) is 0 Å². The lowest BCUT2D eigenvalue weighted by atomic mass is 10.00. The van der Waals surface area contributed by atoms with Gasteiger partial charge in [-0.25, -0.2) is 5.10 Å². The second-order valence-corrected chi connectivity index (χ2v) is 5.11. The lowest BCUT2D eigenvalue weighted by Crippen LogP contribution is -2.12. The number of benzene rings is 1. The van der Waals surface area contributed by atoms with Crippen molar-refractivity contribution >= 4 is 0 Å². The highest BCUT2D eigenvalue weighted by Crippen LogP contribution is 2.20. The third-order valence-electron chi connectivity index (χ3n) is 2.98. The Kier molecular flexibility index (Phi) is 4.12. The van der Waals surface area contributed by atoms with Crippen molar-refractivity contribution in [2.24, 2.45) is 11.7 Å². The van der Waals surface area contributed by atoms with Crippen LogP contribution in [0, 0.1) is 5.92 Å². The SMILES string of the molecule is CC(C)Cc1ccc(-c2n[nH]c(=O)cc2CN)cc1. The number of nitrogens with two attached hydrogens (primary N) is 1. The number of hydrogen-bond acceptors (Lipinski definition) is 3. The van der Waals surface area contributed by atoms with Gasteiger partial charge in [-0.3, -0.25) is 4.79 Å². The zero-order chi connectivity index (χ0) is 13.8. The van der Waals surface area contributed by atoms with Crippen LogP contribution in [0.1, 0.15) is 25.0 Å². The minimum absolute atomic E-state index is 0.222. The number of nitrogens with zero attached hydrogens (tertiary/aromatic N) is 1. The van der Waals surface area contributed by atoms with Gasteiger partial charge in [0, 0.05) is 18.2 Å². The van der Waals surface area contributed by atoms with E-state index in [-0.39, 0.29) is 5.56 Å². The Balaban J connectivity index is 2.34. The molecule has 1 heterocycles. The van der Waals surface area contributed by atoms with Gasteiger partial charge in [-0.2, -0.15) is 5.10 Å². The Morgan fingerprint density at radius 1 is 1.26 bits per heavy atom. The normalized spacial score (nSPS) is 10.9. The average molecular weight is 257 g/mol. The third-order valence-corrected chi connectivity index (χ3v) is 2.98. The van der Waals surface area contributed by atoms with Gasteiger partial charge in [-0.05, 0) is 23.5 Å². The molecule has 19 heavy (non-hydrogen) atoms. The van der Waals surface area contributed by atoms with Crippen LogP contribution in [0.25, 0.3) is 11.3 Å². The van der Waals surface area contributed by atoms with E-state index in [4.69, 9.17) is 5.73 Å².